The van der Waals surface area contributed by atoms with Crippen molar-refractivity contribution < 1.29 is 4.74 Å². The number of methoxy groups -OCH3 is 1. The van der Waals surface area contributed by atoms with E-state index in [1.807, 2.05) is 13.0 Å². The first-order chi connectivity index (χ1) is 5.69. The van der Waals surface area contributed by atoms with Crippen molar-refractivity contribution in [3.63, 3.8) is 0 Å². The van der Waals surface area contributed by atoms with Crippen LogP contribution >= 0.6 is 11.8 Å². The summed E-state index contributed by atoms with van der Waals surface area (Å²) in [5.41, 5.74) is 2.27. The highest BCUT2D eigenvalue weighted by Crippen LogP contribution is 2.25. The number of rotatable bonds is 2. The fourth-order valence-corrected chi connectivity index (χ4v) is 1.92. The van der Waals surface area contributed by atoms with Crippen LogP contribution in [0.5, 0.6) is 5.88 Å². The van der Waals surface area contributed by atoms with Gasteiger partial charge in [0.15, 0.2) is 0 Å². The van der Waals surface area contributed by atoms with E-state index in [9.17, 15) is 0 Å². The Hall–Kier alpha value is -0.700. The van der Waals surface area contributed by atoms with Crippen molar-refractivity contribution >= 4 is 11.8 Å². The Morgan fingerprint density at radius 1 is 1.42 bits per heavy atom. The standard InChI is InChI=1S/C9H13NOS/c1-6-5-8(11-3)10-7(2)9(6)12-4/h5H,1-4H3. The summed E-state index contributed by atoms with van der Waals surface area (Å²) >= 11 is 1.72. The Bertz CT molecular complexity index is 263. The van der Waals surface area contributed by atoms with E-state index in [0.29, 0.717) is 5.88 Å². The van der Waals surface area contributed by atoms with Crippen molar-refractivity contribution in [1.82, 2.24) is 4.98 Å². The predicted octanol–water partition coefficient (Wildman–Crippen LogP) is 2.43. The lowest BCUT2D eigenvalue weighted by atomic mass is 10.2. The summed E-state index contributed by atoms with van der Waals surface area (Å²) in [6, 6.07) is 1.96. The molecule has 1 aromatic heterocycles. The monoisotopic (exact) mass is 183 g/mol. The van der Waals surface area contributed by atoms with Crippen LogP contribution in [-0.2, 0) is 0 Å². The van der Waals surface area contributed by atoms with Gasteiger partial charge in [-0.05, 0) is 25.7 Å². The Morgan fingerprint density at radius 2 is 2.08 bits per heavy atom. The number of aryl methyl sites for hydroxylation is 2. The Labute approximate surface area is 77.3 Å². The minimum atomic E-state index is 0.697. The van der Waals surface area contributed by atoms with Crippen molar-refractivity contribution in [3.05, 3.63) is 17.3 Å². The van der Waals surface area contributed by atoms with Gasteiger partial charge < -0.3 is 4.74 Å². The summed E-state index contributed by atoms with van der Waals surface area (Å²) in [6.45, 7) is 4.07. The molecular weight excluding hydrogens is 170 g/mol. The van der Waals surface area contributed by atoms with Gasteiger partial charge in [-0.1, -0.05) is 0 Å². The highest BCUT2D eigenvalue weighted by atomic mass is 32.2. The molecule has 3 heteroatoms. The second-order valence-corrected chi connectivity index (χ2v) is 3.42. The molecule has 0 aromatic carbocycles. The third-order valence-electron chi connectivity index (χ3n) is 1.72. The predicted molar refractivity (Wildman–Crippen MR) is 52.0 cm³/mol. The fraction of sp³-hybridized carbons (Fsp3) is 0.444. The number of thioether (sulfide) groups is 1. The molecule has 0 amide bonds. The van der Waals surface area contributed by atoms with Gasteiger partial charge in [-0.3, -0.25) is 0 Å². The zero-order chi connectivity index (χ0) is 9.14. The van der Waals surface area contributed by atoms with Gasteiger partial charge in [-0.2, -0.15) is 0 Å². The van der Waals surface area contributed by atoms with Crippen LogP contribution in [0, 0.1) is 13.8 Å². The molecule has 0 aliphatic rings. The average Bonchev–Trinajstić information content (AvgIpc) is 2.03. The lowest BCUT2D eigenvalue weighted by Gasteiger charge is -2.07. The Balaban J connectivity index is 3.18. The molecule has 0 radical (unpaired) electrons. The molecule has 0 aliphatic heterocycles. The van der Waals surface area contributed by atoms with E-state index in [1.54, 1.807) is 18.9 Å². The van der Waals surface area contributed by atoms with Crippen LogP contribution in [0.4, 0.5) is 0 Å². The third kappa shape index (κ3) is 1.72. The molecule has 0 N–H and O–H groups in total. The second-order valence-electron chi connectivity index (χ2n) is 2.60. The smallest absolute Gasteiger partial charge is 0.213 e. The van der Waals surface area contributed by atoms with E-state index in [1.165, 1.54) is 10.5 Å². The molecule has 1 heterocycles. The van der Waals surface area contributed by atoms with Crippen LogP contribution in [-0.4, -0.2) is 18.3 Å². The highest BCUT2D eigenvalue weighted by molar-refractivity contribution is 7.98. The first-order valence-electron chi connectivity index (χ1n) is 3.75. The molecule has 12 heavy (non-hydrogen) atoms. The topological polar surface area (TPSA) is 22.1 Å². The molecule has 2 nitrogen and oxygen atoms in total. The van der Waals surface area contributed by atoms with Crippen molar-refractivity contribution in [2.75, 3.05) is 13.4 Å². The lowest BCUT2D eigenvalue weighted by molar-refractivity contribution is 0.395. The minimum absolute atomic E-state index is 0.697. The van der Waals surface area contributed by atoms with Gasteiger partial charge >= 0.3 is 0 Å². The van der Waals surface area contributed by atoms with Crippen LogP contribution in [0.1, 0.15) is 11.3 Å². The molecule has 0 aliphatic carbocycles. The summed E-state index contributed by atoms with van der Waals surface area (Å²) in [7, 11) is 1.64. The number of hydrogen-bond acceptors (Lipinski definition) is 3. The minimum Gasteiger partial charge on any atom is -0.481 e. The molecule has 0 bridgehead atoms. The van der Waals surface area contributed by atoms with E-state index >= 15 is 0 Å². The molecule has 66 valence electrons. The molecule has 0 saturated heterocycles. The van der Waals surface area contributed by atoms with E-state index in [-0.39, 0.29) is 0 Å². The van der Waals surface area contributed by atoms with Crippen molar-refractivity contribution in [1.29, 1.82) is 0 Å². The largest absolute Gasteiger partial charge is 0.481 e. The van der Waals surface area contributed by atoms with Gasteiger partial charge in [0.1, 0.15) is 0 Å². The summed E-state index contributed by atoms with van der Waals surface area (Å²) < 4.78 is 5.05. The number of pyridine rings is 1. The maximum Gasteiger partial charge on any atom is 0.213 e. The second kappa shape index (κ2) is 3.81. The average molecular weight is 183 g/mol. The van der Waals surface area contributed by atoms with Crippen LogP contribution in [0.2, 0.25) is 0 Å². The normalized spacial score (nSPS) is 10.0. The van der Waals surface area contributed by atoms with E-state index in [4.69, 9.17) is 4.74 Å². The molecule has 0 saturated carbocycles. The maximum atomic E-state index is 5.05. The quantitative estimate of drug-likeness (QED) is 0.657. The zero-order valence-electron chi connectivity index (χ0n) is 7.84. The van der Waals surface area contributed by atoms with Gasteiger partial charge in [0.2, 0.25) is 5.88 Å². The first-order valence-corrected chi connectivity index (χ1v) is 4.97. The third-order valence-corrected chi connectivity index (χ3v) is 2.74. The van der Waals surface area contributed by atoms with E-state index < -0.39 is 0 Å². The van der Waals surface area contributed by atoms with Crippen LogP contribution in [0.25, 0.3) is 0 Å². The van der Waals surface area contributed by atoms with E-state index in [2.05, 4.69) is 18.2 Å². The van der Waals surface area contributed by atoms with Crippen molar-refractivity contribution in [2.24, 2.45) is 0 Å². The van der Waals surface area contributed by atoms with Crippen molar-refractivity contribution in [2.45, 2.75) is 18.7 Å². The summed E-state index contributed by atoms with van der Waals surface area (Å²) in [6.07, 6.45) is 2.06. The SMILES string of the molecule is COc1cc(C)c(SC)c(C)n1. The molecule has 1 aromatic rings. The molecule has 0 unspecified atom stereocenters. The Kier molecular flexibility index (Phi) is 2.98. The van der Waals surface area contributed by atoms with Gasteiger partial charge in [0.05, 0.1) is 12.8 Å². The van der Waals surface area contributed by atoms with E-state index in [0.717, 1.165) is 5.69 Å². The number of hydrogen-bond donors (Lipinski definition) is 0. The summed E-state index contributed by atoms with van der Waals surface area (Å²) in [5, 5.41) is 0. The Morgan fingerprint density at radius 3 is 2.50 bits per heavy atom. The lowest BCUT2D eigenvalue weighted by Crippen LogP contribution is -1.94. The van der Waals surface area contributed by atoms with Crippen LogP contribution in [0.3, 0.4) is 0 Å². The van der Waals surface area contributed by atoms with Gasteiger partial charge in [-0.15, -0.1) is 11.8 Å². The molecule has 0 spiro atoms. The van der Waals surface area contributed by atoms with Crippen LogP contribution in [0.15, 0.2) is 11.0 Å². The summed E-state index contributed by atoms with van der Waals surface area (Å²) in [5.74, 6) is 0.697. The van der Waals surface area contributed by atoms with Gasteiger partial charge in [0, 0.05) is 11.0 Å². The number of aromatic nitrogens is 1. The first kappa shape index (κ1) is 9.39. The van der Waals surface area contributed by atoms with Gasteiger partial charge in [-0.25, -0.2) is 4.98 Å². The van der Waals surface area contributed by atoms with Crippen LogP contribution < -0.4 is 4.74 Å². The number of nitrogens with zero attached hydrogens (tertiary/aromatic N) is 1. The van der Waals surface area contributed by atoms with Gasteiger partial charge in [0.25, 0.3) is 0 Å². The van der Waals surface area contributed by atoms with Crippen molar-refractivity contribution in [3.8, 4) is 5.88 Å². The highest BCUT2D eigenvalue weighted by Gasteiger charge is 2.04. The molecule has 1 rings (SSSR count). The number of ether oxygens (including phenoxy) is 1. The fourth-order valence-electron chi connectivity index (χ4n) is 1.20. The maximum absolute atomic E-state index is 5.05. The molecule has 0 atom stereocenters. The zero-order valence-corrected chi connectivity index (χ0v) is 8.66. The summed E-state index contributed by atoms with van der Waals surface area (Å²) in [4.78, 5) is 5.53. The molecular formula is C9H13NOS. The molecule has 0 fully saturated rings.